The minimum atomic E-state index is -3.98. The van der Waals surface area contributed by atoms with Crippen molar-refractivity contribution >= 4 is 50.1 Å². The zero-order chi connectivity index (χ0) is 29.8. The van der Waals surface area contributed by atoms with E-state index in [1.54, 1.807) is 12.1 Å². The molecule has 2 aromatic rings. The van der Waals surface area contributed by atoms with E-state index < -0.39 is 39.3 Å². The van der Waals surface area contributed by atoms with Crippen molar-refractivity contribution in [3.05, 3.63) is 58.8 Å². The van der Waals surface area contributed by atoms with Crippen LogP contribution in [-0.2, 0) is 26.0 Å². The van der Waals surface area contributed by atoms with Gasteiger partial charge in [-0.15, -0.1) is 0 Å². The highest BCUT2D eigenvalue weighted by Gasteiger charge is 2.57. The number of fused-ring (bicyclic) bond motifs is 4. The lowest BCUT2D eigenvalue weighted by atomic mass is 9.51. The Morgan fingerprint density at radius 2 is 1.83 bits per heavy atom. The Labute approximate surface area is 249 Å². The predicted octanol–water partition coefficient (Wildman–Crippen LogP) is 2.97. The highest BCUT2D eigenvalue weighted by molar-refractivity contribution is 8.04. The maximum absolute atomic E-state index is 13.9. The summed E-state index contributed by atoms with van der Waals surface area (Å²) < 4.78 is 29.0. The fraction of sp³-hybridized carbons (Fsp3) is 0.484. The molecule has 11 heteroatoms. The Morgan fingerprint density at radius 3 is 2.45 bits per heavy atom. The summed E-state index contributed by atoms with van der Waals surface area (Å²) in [6.07, 6.45) is 7.58. The molecule has 2 bridgehead atoms. The standard InChI is InChI=1S/C31H35N3O6S2/c1-17(32)14-30-8-11-31(12-9-30,13-10-30)15-19-6-7-23-25-20(19)4-3-5-21(25)33(42(23,39)40)16-22-26(29(37)38)34-27(36)24(18(2)35)28(34)41-22/h3-7,18,24,28,35H,1,8-16,32H2,2H3,(H,37,38)/p-1. The molecule has 1 saturated heterocycles. The SMILES string of the molecule is C=C(N)CC12CCC(Cc3ccc4c5c(cccc35)N(CC3=C(C(=O)[O-])N5C(=O)C(C(C)O)C5S3)S4(=O)=O)(CC1)CC2. The number of hydrogen-bond acceptors (Lipinski definition) is 8. The maximum atomic E-state index is 13.9. The number of carbonyl (C=O) groups is 2. The van der Waals surface area contributed by atoms with Gasteiger partial charge in [0.15, 0.2) is 0 Å². The van der Waals surface area contributed by atoms with Gasteiger partial charge in [0.05, 0.1) is 40.8 Å². The molecule has 3 atom stereocenters. The normalized spacial score (nSPS) is 31.4. The predicted molar refractivity (Wildman–Crippen MR) is 158 cm³/mol. The zero-order valence-electron chi connectivity index (χ0n) is 23.5. The molecular formula is C31H34N3O6S2-. The van der Waals surface area contributed by atoms with Gasteiger partial charge in [-0.25, -0.2) is 8.42 Å². The first-order valence-corrected chi connectivity index (χ1v) is 16.8. The fourth-order valence-corrected chi connectivity index (χ4v) is 11.6. The number of sulfonamides is 1. The summed E-state index contributed by atoms with van der Waals surface area (Å²) in [5.74, 6) is -2.78. The number of aliphatic hydroxyl groups is 1. The minimum Gasteiger partial charge on any atom is -0.543 e. The molecule has 3 unspecified atom stereocenters. The second kappa shape index (κ2) is 9.24. The number of anilines is 1. The Balaban J connectivity index is 1.21. The van der Waals surface area contributed by atoms with E-state index in [4.69, 9.17) is 5.73 Å². The number of allylic oxidation sites excluding steroid dienone is 1. The largest absolute Gasteiger partial charge is 0.543 e. The minimum absolute atomic E-state index is 0.185. The first-order valence-electron chi connectivity index (χ1n) is 14.5. The van der Waals surface area contributed by atoms with Crippen molar-refractivity contribution in [3.8, 4) is 0 Å². The van der Waals surface area contributed by atoms with E-state index in [9.17, 15) is 28.2 Å². The van der Waals surface area contributed by atoms with Crippen LogP contribution in [0.3, 0.4) is 0 Å². The third-order valence-electron chi connectivity index (χ3n) is 10.5. The number of carbonyl (C=O) groups excluding carboxylic acids is 2. The molecule has 222 valence electrons. The van der Waals surface area contributed by atoms with Gasteiger partial charge in [0.25, 0.3) is 10.0 Å². The highest BCUT2D eigenvalue weighted by atomic mass is 32.2. The Morgan fingerprint density at radius 1 is 1.17 bits per heavy atom. The van der Waals surface area contributed by atoms with Gasteiger partial charge in [-0.2, -0.15) is 0 Å². The third kappa shape index (κ3) is 3.89. The molecule has 42 heavy (non-hydrogen) atoms. The third-order valence-corrected chi connectivity index (χ3v) is 13.6. The van der Waals surface area contributed by atoms with Crippen molar-refractivity contribution in [2.45, 2.75) is 74.7 Å². The van der Waals surface area contributed by atoms with Gasteiger partial charge in [0.2, 0.25) is 5.91 Å². The van der Waals surface area contributed by atoms with Gasteiger partial charge in [-0.1, -0.05) is 36.5 Å². The first kappa shape index (κ1) is 27.8. The summed E-state index contributed by atoms with van der Waals surface area (Å²) in [6, 6.07) is 9.23. The Kier molecular flexibility index (Phi) is 6.11. The Bertz CT molecular complexity index is 1690. The molecule has 3 heterocycles. The zero-order valence-corrected chi connectivity index (χ0v) is 25.1. The Hall–Kier alpha value is -3.02. The molecule has 0 radical (unpaired) electrons. The number of benzene rings is 2. The maximum Gasteiger partial charge on any atom is 0.265 e. The van der Waals surface area contributed by atoms with Crippen LogP contribution >= 0.6 is 11.8 Å². The number of hydrogen-bond donors (Lipinski definition) is 2. The average Bonchev–Trinajstić information content (AvgIpc) is 3.36. The number of nitrogens with zero attached hydrogens (tertiary/aromatic N) is 2. The number of thioether (sulfide) groups is 1. The molecule has 0 aromatic heterocycles. The van der Waals surface area contributed by atoms with Crippen LogP contribution in [0.5, 0.6) is 0 Å². The van der Waals surface area contributed by atoms with Crippen LogP contribution in [0, 0.1) is 16.7 Å². The van der Waals surface area contributed by atoms with Crippen LogP contribution in [0.2, 0.25) is 0 Å². The molecule has 9 nitrogen and oxygen atoms in total. The quantitative estimate of drug-likeness (QED) is 0.436. The molecule has 2 aromatic carbocycles. The van der Waals surface area contributed by atoms with Crippen LogP contribution in [0.25, 0.3) is 10.8 Å². The van der Waals surface area contributed by atoms with E-state index in [1.807, 2.05) is 18.2 Å². The molecule has 3 saturated carbocycles. The number of amides is 1. The van der Waals surface area contributed by atoms with Gasteiger partial charge in [0.1, 0.15) is 5.37 Å². The lowest BCUT2D eigenvalue weighted by molar-refractivity contribution is -0.301. The van der Waals surface area contributed by atoms with Crippen molar-refractivity contribution in [2.24, 2.45) is 22.5 Å². The second-order valence-electron chi connectivity index (χ2n) is 13.0. The molecule has 4 fully saturated rings. The van der Waals surface area contributed by atoms with Crippen LogP contribution in [0.15, 0.2) is 58.1 Å². The summed E-state index contributed by atoms with van der Waals surface area (Å²) in [5.41, 5.74) is 8.54. The molecule has 3 aliphatic heterocycles. The molecule has 3 aliphatic carbocycles. The van der Waals surface area contributed by atoms with Crippen molar-refractivity contribution in [2.75, 3.05) is 10.8 Å². The van der Waals surface area contributed by atoms with Crippen molar-refractivity contribution in [1.29, 1.82) is 0 Å². The number of nitrogens with two attached hydrogens (primary N) is 1. The monoisotopic (exact) mass is 608 g/mol. The van der Waals surface area contributed by atoms with E-state index in [-0.39, 0.29) is 32.9 Å². The topological polar surface area (TPSA) is 144 Å². The second-order valence-corrected chi connectivity index (χ2v) is 16.0. The van der Waals surface area contributed by atoms with Crippen LogP contribution in [0.4, 0.5) is 5.69 Å². The number of rotatable bonds is 8. The van der Waals surface area contributed by atoms with Gasteiger partial charge in [-0.3, -0.25) is 14.0 Å². The number of aliphatic carboxylic acids is 1. The summed E-state index contributed by atoms with van der Waals surface area (Å²) in [5, 5.41) is 23.1. The molecule has 1 amide bonds. The van der Waals surface area contributed by atoms with Crippen molar-refractivity contribution < 1.29 is 28.2 Å². The van der Waals surface area contributed by atoms with Crippen LogP contribution < -0.4 is 15.1 Å². The fourth-order valence-electron chi connectivity index (χ4n) is 8.25. The van der Waals surface area contributed by atoms with Crippen molar-refractivity contribution in [3.63, 3.8) is 0 Å². The lowest BCUT2D eigenvalue weighted by Gasteiger charge is -2.54. The molecule has 6 aliphatic rings. The van der Waals surface area contributed by atoms with Crippen LogP contribution in [0.1, 0.15) is 57.4 Å². The average molecular weight is 609 g/mol. The lowest BCUT2D eigenvalue weighted by Crippen LogP contribution is -2.61. The van der Waals surface area contributed by atoms with E-state index in [0.717, 1.165) is 84.7 Å². The van der Waals surface area contributed by atoms with E-state index in [0.29, 0.717) is 11.1 Å². The summed E-state index contributed by atoms with van der Waals surface area (Å²) >= 11 is 1.11. The molecule has 3 N–H and O–H groups in total. The number of β-lactam (4-membered cyclic amide) rings is 1. The number of carboxylic acid groups (broad SMARTS) is 1. The van der Waals surface area contributed by atoms with E-state index in [2.05, 4.69) is 6.58 Å². The smallest absolute Gasteiger partial charge is 0.265 e. The van der Waals surface area contributed by atoms with Gasteiger partial charge in [-0.05, 0) is 92.2 Å². The van der Waals surface area contributed by atoms with E-state index in [1.165, 1.54) is 11.2 Å². The first-order chi connectivity index (χ1) is 19.9. The van der Waals surface area contributed by atoms with Crippen molar-refractivity contribution in [1.82, 2.24) is 4.90 Å². The number of aliphatic hydroxyl groups excluding tert-OH is 1. The molecule has 8 rings (SSSR count). The van der Waals surface area contributed by atoms with Gasteiger partial charge >= 0.3 is 0 Å². The highest BCUT2D eigenvalue weighted by Crippen LogP contribution is 2.60. The summed E-state index contributed by atoms with van der Waals surface area (Å²) in [7, 11) is -3.98. The molecule has 0 spiro atoms. The van der Waals surface area contributed by atoms with Crippen LogP contribution in [-0.4, -0.2) is 48.3 Å². The summed E-state index contributed by atoms with van der Waals surface area (Å²) in [4.78, 5) is 26.3. The summed E-state index contributed by atoms with van der Waals surface area (Å²) in [6.45, 7) is 5.21. The van der Waals surface area contributed by atoms with Gasteiger partial charge in [0, 0.05) is 16.0 Å². The molecular weight excluding hydrogens is 574 g/mol. The van der Waals surface area contributed by atoms with E-state index >= 15 is 0 Å². The number of carboxylic acids is 1. The van der Waals surface area contributed by atoms with Gasteiger partial charge < -0.3 is 20.7 Å².